The number of ether oxygens (including phenoxy) is 1. The first-order chi connectivity index (χ1) is 20.3. The third-order valence-electron chi connectivity index (χ3n) is 8.18. The molecule has 14 heteroatoms. The summed E-state index contributed by atoms with van der Waals surface area (Å²) >= 11 is 6.01. The molecule has 6 N–H and O–H groups in total. The molecule has 3 fully saturated rings. The first-order valence-corrected chi connectivity index (χ1v) is 14.8. The van der Waals surface area contributed by atoms with E-state index in [1.807, 2.05) is 11.0 Å². The zero-order valence-electron chi connectivity index (χ0n) is 23.0. The molecule has 1 aliphatic carbocycles. The number of hydrogen-bond donors (Lipinski definition) is 5. The number of nitrogens with two attached hydrogens (primary N) is 1. The van der Waals surface area contributed by atoms with E-state index < -0.39 is 30.4 Å². The number of likely N-dealkylation sites (tertiary alicyclic amines) is 1. The van der Waals surface area contributed by atoms with Crippen molar-refractivity contribution >= 4 is 46.2 Å². The number of benzene rings is 1. The van der Waals surface area contributed by atoms with Crippen molar-refractivity contribution in [1.29, 1.82) is 0 Å². The average Bonchev–Trinajstić information content (AvgIpc) is 3.60. The summed E-state index contributed by atoms with van der Waals surface area (Å²) in [5.41, 5.74) is 7.60. The van der Waals surface area contributed by atoms with E-state index in [0.29, 0.717) is 53.1 Å². The minimum Gasteiger partial charge on any atom is -0.387 e. The Hall–Kier alpha value is -3.52. The largest absolute Gasteiger partial charge is 0.387 e. The number of rotatable bonds is 8. The highest BCUT2D eigenvalue weighted by atomic mass is 35.5. The van der Waals surface area contributed by atoms with E-state index in [2.05, 4.69) is 25.6 Å². The molecule has 13 nitrogen and oxygen atoms in total. The van der Waals surface area contributed by atoms with Gasteiger partial charge in [0.25, 0.3) is 5.91 Å². The monoisotopic (exact) mass is 598 g/mol. The summed E-state index contributed by atoms with van der Waals surface area (Å²) in [4.78, 5) is 40.4. The summed E-state index contributed by atoms with van der Waals surface area (Å²) in [5, 5.41) is 27.5. The van der Waals surface area contributed by atoms with Crippen molar-refractivity contribution < 1.29 is 24.5 Å². The number of amides is 3. The third-order valence-corrected chi connectivity index (χ3v) is 8.41. The maximum atomic E-state index is 12.6. The molecule has 6 rings (SSSR count). The van der Waals surface area contributed by atoms with Crippen LogP contribution < -0.4 is 16.4 Å². The molecule has 1 unspecified atom stereocenters. The number of halogens is 1. The van der Waals surface area contributed by atoms with Gasteiger partial charge in [-0.2, -0.15) is 0 Å². The van der Waals surface area contributed by atoms with Crippen molar-refractivity contribution in [2.24, 2.45) is 5.92 Å². The van der Waals surface area contributed by atoms with Gasteiger partial charge < -0.3 is 36.2 Å². The Morgan fingerprint density at radius 2 is 1.90 bits per heavy atom. The van der Waals surface area contributed by atoms with Crippen molar-refractivity contribution in [3.8, 4) is 0 Å². The van der Waals surface area contributed by atoms with Gasteiger partial charge in [-0.3, -0.25) is 9.36 Å². The number of nitrogen functional groups attached to an aromatic ring is 1. The lowest BCUT2D eigenvalue weighted by molar-refractivity contribution is -0.137. The van der Waals surface area contributed by atoms with Gasteiger partial charge in [0.2, 0.25) is 0 Å². The van der Waals surface area contributed by atoms with Crippen LogP contribution in [0.2, 0.25) is 5.02 Å². The normalized spacial score (nSPS) is 24.7. The van der Waals surface area contributed by atoms with E-state index in [1.54, 1.807) is 18.2 Å². The molecule has 2 aliphatic heterocycles. The highest BCUT2D eigenvalue weighted by molar-refractivity contribution is 6.30. The van der Waals surface area contributed by atoms with Gasteiger partial charge in [-0.05, 0) is 62.6 Å². The Morgan fingerprint density at radius 3 is 2.64 bits per heavy atom. The third kappa shape index (κ3) is 6.14. The zero-order chi connectivity index (χ0) is 29.4. The number of piperidine rings is 1. The lowest BCUT2D eigenvalue weighted by atomic mass is 9.91. The molecule has 3 aromatic rings. The number of carbonyl (C=O) groups excluding carboxylic acids is 2. The number of anilines is 2. The Kier molecular flexibility index (Phi) is 8.17. The van der Waals surface area contributed by atoms with Crippen LogP contribution in [0.4, 0.5) is 16.3 Å². The second-order valence-electron chi connectivity index (χ2n) is 11.3. The second-order valence-corrected chi connectivity index (χ2v) is 11.8. The molecule has 42 heavy (non-hydrogen) atoms. The fourth-order valence-corrected chi connectivity index (χ4v) is 5.83. The lowest BCUT2D eigenvalue weighted by Crippen LogP contribution is -2.43. The maximum Gasteiger partial charge on any atom is 0.321 e. The van der Waals surface area contributed by atoms with Crippen LogP contribution >= 0.6 is 11.6 Å². The molecule has 3 aliphatic rings. The SMILES string of the molecule is Nc1nc(CCCC2CCN(C(=O)Nc3cccc(Cl)c3)CC2)nc2c1ncn2[C@@H]1O[C@H](C(=O)NC2CC2)C(O)[C@@H]1O. The molecule has 1 saturated carbocycles. The Balaban J connectivity index is 1.03. The Labute approximate surface area is 247 Å². The maximum absolute atomic E-state index is 12.6. The minimum atomic E-state index is -1.39. The van der Waals surface area contributed by atoms with Gasteiger partial charge in [-0.1, -0.05) is 17.7 Å². The molecular formula is C28H35ClN8O5. The molecule has 0 spiro atoms. The van der Waals surface area contributed by atoms with E-state index in [-0.39, 0.29) is 17.9 Å². The first kappa shape index (κ1) is 28.6. The predicted molar refractivity (Wildman–Crippen MR) is 155 cm³/mol. The fourth-order valence-electron chi connectivity index (χ4n) is 5.64. The molecule has 1 aromatic carbocycles. The number of nitrogens with one attached hydrogen (secondary N) is 2. The number of hydrogen-bond acceptors (Lipinski definition) is 9. The summed E-state index contributed by atoms with van der Waals surface area (Å²) in [6, 6.07) is 7.08. The van der Waals surface area contributed by atoms with Crippen LogP contribution in [-0.4, -0.2) is 84.0 Å². The number of aliphatic hydroxyl groups is 2. The molecular weight excluding hydrogens is 564 g/mol. The quantitative estimate of drug-likeness (QED) is 0.260. The number of aliphatic hydroxyl groups excluding tert-OH is 2. The summed E-state index contributed by atoms with van der Waals surface area (Å²) in [5.74, 6) is 0.785. The second kappa shape index (κ2) is 12.0. The molecule has 2 saturated heterocycles. The van der Waals surface area contributed by atoms with Crippen molar-refractivity contribution in [2.45, 2.75) is 75.5 Å². The van der Waals surface area contributed by atoms with Crippen LogP contribution in [0.1, 0.15) is 50.6 Å². The van der Waals surface area contributed by atoms with E-state index in [0.717, 1.165) is 38.5 Å². The smallest absolute Gasteiger partial charge is 0.321 e. The number of imidazole rings is 1. The summed E-state index contributed by atoms with van der Waals surface area (Å²) in [7, 11) is 0. The highest BCUT2D eigenvalue weighted by Crippen LogP contribution is 2.33. The van der Waals surface area contributed by atoms with Gasteiger partial charge in [0.15, 0.2) is 23.8 Å². The van der Waals surface area contributed by atoms with Crippen LogP contribution in [0.15, 0.2) is 30.6 Å². The molecule has 4 atom stereocenters. The molecule has 0 bridgehead atoms. The first-order valence-electron chi connectivity index (χ1n) is 14.4. The topological polar surface area (TPSA) is 181 Å². The van der Waals surface area contributed by atoms with Crippen LogP contribution in [0, 0.1) is 5.92 Å². The van der Waals surface area contributed by atoms with Crippen molar-refractivity contribution in [2.75, 3.05) is 24.1 Å². The van der Waals surface area contributed by atoms with E-state index >= 15 is 0 Å². The number of urea groups is 1. The number of nitrogens with zero attached hydrogens (tertiary/aromatic N) is 5. The average molecular weight is 599 g/mol. The Morgan fingerprint density at radius 1 is 1.12 bits per heavy atom. The van der Waals surface area contributed by atoms with Gasteiger partial charge >= 0.3 is 6.03 Å². The Bertz CT molecular complexity index is 1460. The van der Waals surface area contributed by atoms with Crippen molar-refractivity contribution in [1.82, 2.24) is 29.7 Å². The number of carbonyl (C=O) groups is 2. The van der Waals surface area contributed by atoms with Gasteiger partial charge in [0, 0.05) is 36.3 Å². The zero-order valence-corrected chi connectivity index (χ0v) is 23.8. The van der Waals surface area contributed by atoms with Gasteiger partial charge in [-0.15, -0.1) is 0 Å². The summed E-state index contributed by atoms with van der Waals surface area (Å²) in [6.45, 7) is 1.36. The lowest BCUT2D eigenvalue weighted by Gasteiger charge is -2.32. The molecule has 0 radical (unpaired) electrons. The van der Waals surface area contributed by atoms with E-state index in [9.17, 15) is 19.8 Å². The van der Waals surface area contributed by atoms with Crippen LogP contribution in [0.25, 0.3) is 11.2 Å². The number of fused-ring (bicyclic) bond motifs is 1. The van der Waals surface area contributed by atoms with Crippen molar-refractivity contribution in [3.63, 3.8) is 0 Å². The van der Waals surface area contributed by atoms with Crippen LogP contribution in [-0.2, 0) is 16.0 Å². The fraction of sp³-hybridized carbons (Fsp3) is 0.536. The predicted octanol–water partition coefficient (Wildman–Crippen LogP) is 2.23. The number of aromatic nitrogens is 4. The molecule has 4 heterocycles. The van der Waals surface area contributed by atoms with E-state index in [1.165, 1.54) is 10.9 Å². The highest BCUT2D eigenvalue weighted by Gasteiger charge is 2.48. The molecule has 3 amide bonds. The number of aryl methyl sites for hydroxylation is 1. The molecule has 2 aromatic heterocycles. The molecule has 224 valence electrons. The van der Waals surface area contributed by atoms with Crippen molar-refractivity contribution in [3.05, 3.63) is 41.4 Å². The van der Waals surface area contributed by atoms with E-state index in [4.69, 9.17) is 22.1 Å². The minimum absolute atomic E-state index is 0.0976. The summed E-state index contributed by atoms with van der Waals surface area (Å²) in [6.07, 6.45) is 2.43. The van der Waals surface area contributed by atoms with Gasteiger partial charge in [0.05, 0.1) is 6.33 Å². The standard InChI is InChI=1S/C28H35ClN8O5/c29-16-4-2-5-18(13-16)33-28(41)36-11-9-15(10-12-36)3-1-6-19-34-24(30)20-25(35-19)37(14-31-20)27-22(39)21(38)23(42-27)26(40)32-17-7-8-17/h2,4-5,13-15,17,21-23,27,38-39H,1,3,6-12H2,(H,32,40)(H,33,41)(H2,30,34,35)/t21?,22-,23-,27+/m0/s1. The summed E-state index contributed by atoms with van der Waals surface area (Å²) < 4.78 is 7.30. The van der Waals surface area contributed by atoms with Gasteiger partial charge in [-0.25, -0.2) is 19.7 Å². The van der Waals surface area contributed by atoms with Crippen LogP contribution in [0.3, 0.4) is 0 Å². The van der Waals surface area contributed by atoms with Gasteiger partial charge in [0.1, 0.15) is 23.5 Å². The van der Waals surface area contributed by atoms with Crippen LogP contribution in [0.5, 0.6) is 0 Å².